The Morgan fingerprint density at radius 1 is 1.00 bits per heavy atom. The first-order chi connectivity index (χ1) is 10.2. The van der Waals surface area contributed by atoms with Crippen LogP contribution < -0.4 is 0 Å². The molecule has 5 heteroatoms. The summed E-state index contributed by atoms with van der Waals surface area (Å²) in [5.41, 5.74) is 3.22. The predicted molar refractivity (Wildman–Crippen MR) is 88.6 cm³/mol. The summed E-state index contributed by atoms with van der Waals surface area (Å²) in [6.07, 6.45) is 0. The lowest BCUT2D eigenvalue weighted by Crippen LogP contribution is -1.90. The van der Waals surface area contributed by atoms with E-state index in [1.807, 2.05) is 32.0 Å². The van der Waals surface area contributed by atoms with E-state index in [4.69, 9.17) is 0 Å². The maximum absolute atomic E-state index is 4.43. The number of nitrogens with zero attached hydrogens (tertiary/aromatic N) is 3. The van der Waals surface area contributed by atoms with Gasteiger partial charge in [-0.25, -0.2) is 4.98 Å². The van der Waals surface area contributed by atoms with Crippen LogP contribution in [-0.2, 0) is 5.75 Å². The first-order valence-corrected chi connectivity index (χ1v) is 8.47. The molecule has 2 heterocycles. The summed E-state index contributed by atoms with van der Waals surface area (Å²) in [4.78, 5) is 5.54. The van der Waals surface area contributed by atoms with E-state index >= 15 is 0 Å². The van der Waals surface area contributed by atoms with Crippen LogP contribution >= 0.6 is 23.1 Å². The van der Waals surface area contributed by atoms with Crippen molar-refractivity contribution in [2.45, 2.75) is 24.6 Å². The van der Waals surface area contributed by atoms with Crippen LogP contribution in [0.3, 0.4) is 0 Å². The molecular formula is C16H15N3S2. The minimum atomic E-state index is 0.905. The fourth-order valence-corrected chi connectivity index (χ4v) is 3.67. The van der Waals surface area contributed by atoms with Gasteiger partial charge in [0.1, 0.15) is 10.7 Å². The SMILES string of the molecule is Cc1nc(C)c(-c2ccc(SCc3ccccc3)nn2)s1. The molecule has 106 valence electrons. The molecule has 0 aliphatic carbocycles. The minimum Gasteiger partial charge on any atom is -0.246 e. The van der Waals surface area contributed by atoms with Gasteiger partial charge in [0, 0.05) is 5.75 Å². The first-order valence-electron chi connectivity index (χ1n) is 6.67. The molecule has 0 saturated heterocycles. The van der Waals surface area contributed by atoms with Crippen LogP contribution in [0.2, 0.25) is 0 Å². The number of hydrogen-bond acceptors (Lipinski definition) is 5. The Labute approximate surface area is 132 Å². The first kappa shape index (κ1) is 14.2. The monoisotopic (exact) mass is 313 g/mol. The molecule has 0 fully saturated rings. The quantitative estimate of drug-likeness (QED) is 0.664. The second kappa shape index (κ2) is 6.37. The average Bonchev–Trinajstić information content (AvgIpc) is 2.85. The van der Waals surface area contributed by atoms with Crippen LogP contribution in [0.4, 0.5) is 0 Å². The summed E-state index contributed by atoms with van der Waals surface area (Å²) in [6.45, 7) is 4.03. The van der Waals surface area contributed by atoms with Crippen LogP contribution in [0.15, 0.2) is 47.5 Å². The zero-order valence-corrected chi connectivity index (χ0v) is 13.5. The van der Waals surface area contributed by atoms with Gasteiger partial charge in [-0.05, 0) is 31.5 Å². The van der Waals surface area contributed by atoms with Gasteiger partial charge >= 0.3 is 0 Å². The highest BCUT2D eigenvalue weighted by Gasteiger charge is 2.09. The summed E-state index contributed by atoms with van der Waals surface area (Å²) in [7, 11) is 0. The number of thioether (sulfide) groups is 1. The van der Waals surface area contributed by atoms with Crippen molar-refractivity contribution in [2.75, 3.05) is 0 Å². The van der Waals surface area contributed by atoms with Crippen molar-refractivity contribution in [1.82, 2.24) is 15.2 Å². The van der Waals surface area contributed by atoms with E-state index in [1.54, 1.807) is 23.1 Å². The van der Waals surface area contributed by atoms with Crippen molar-refractivity contribution in [3.63, 3.8) is 0 Å². The van der Waals surface area contributed by atoms with Crippen molar-refractivity contribution < 1.29 is 0 Å². The Bertz CT molecular complexity index is 721. The fraction of sp³-hybridized carbons (Fsp3) is 0.188. The van der Waals surface area contributed by atoms with E-state index < -0.39 is 0 Å². The van der Waals surface area contributed by atoms with Crippen LogP contribution in [0, 0.1) is 13.8 Å². The topological polar surface area (TPSA) is 38.7 Å². The highest BCUT2D eigenvalue weighted by Crippen LogP contribution is 2.29. The predicted octanol–water partition coefficient (Wildman–Crippen LogP) is 4.51. The summed E-state index contributed by atoms with van der Waals surface area (Å²) in [5.74, 6) is 0.910. The Kier molecular flexibility index (Phi) is 4.31. The van der Waals surface area contributed by atoms with Gasteiger partial charge in [0.25, 0.3) is 0 Å². The van der Waals surface area contributed by atoms with Gasteiger partial charge in [-0.2, -0.15) is 0 Å². The van der Waals surface area contributed by atoms with Gasteiger partial charge in [0.2, 0.25) is 0 Å². The van der Waals surface area contributed by atoms with Crippen LogP contribution in [-0.4, -0.2) is 15.2 Å². The zero-order chi connectivity index (χ0) is 14.7. The summed E-state index contributed by atoms with van der Waals surface area (Å²) >= 11 is 3.36. The van der Waals surface area contributed by atoms with Crippen LogP contribution in [0.5, 0.6) is 0 Å². The summed E-state index contributed by atoms with van der Waals surface area (Å²) in [5, 5.41) is 10.7. The van der Waals surface area contributed by atoms with E-state index in [0.29, 0.717) is 0 Å². The van der Waals surface area contributed by atoms with E-state index in [9.17, 15) is 0 Å². The van der Waals surface area contributed by atoms with Gasteiger partial charge in [-0.3, -0.25) is 0 Å². The van der Waals surface area contributed by atoms with E-state index in [2.05, 4.69) is 39.4 Å². The van der Waals surface area contributed by atoms with E-state index in [0.717, 1.165) is 32.1 Å². The molecule has 21 heavy (non-hydrogen) atoms. The zero-order valence-electron chi connectivity index (χ0n) is 11.9. The number of rotatable bonds is 4. The lowest BCUT2D eigenvalue weighted by Gasteiger charge is -2.02. The maximum atomic E-state index is 4.43. The van der Waals surface area contributed by atoms with E-state index in [1.165, 1.54) is 5.56 Å². The molecule has 0 spiro atoms. The van der Waals surface area contributed by atoms with Crippen molar-refractivity contribution >= 4 is 23.1 Å². The van der Waals surface area contributed by atoms with Crippen molar-refractivity contribution in [1.29, 1.82) is 0 Å². The van der Waals surface area contributed by atoms with E-state index in [-0.39, 0.29) is 0 Å². The molecule has 0 aliphatic heterocycles. The number of thiazole rings is 1. The number of benzene rings is 1. The van der Waals surface area contributed by atoms with Crippen molar-refractivity contribution in [2.24, 2.45) is 0 Å². The standard InChI is InChI=1S/C16H15N3S2/c1-11-16(21-12(2)17-11)14-8-9-15(19-18-14)20-10-13-6-4-3-5-7-13/h3-9H,10H2,1-2H3. The Morgan fingerprint density at radius 2 is 1.81 bits per heavy atom. The molecule has 0 N–H and O–H groups in total. The molecule has 0 unspecified atom stereocenters. The third-order valence-electron chi connectivity index (χ3n) is 3.01. The van der Waals surface area contributed by atoms with Gasteiger partial charge in [-0.1, -0.05) is 42.1 Å². The number of aryl methyl sites for hydroxylation is 2. The Balaban J connectivity index is 1.71. The number of aromatic nitrogens is 3. The molecular weight excluding hydrogens is 298 g/mol. The normalized spacial score (nSPS) is 10.8. The molecule has 0 saturated carbocycles. The smallest absolute Gasteiger partial charge is 0.119 e. The Morgan fingerprint density at radius 3 is 2.43 bits per heavy atom. The third-order valence-corrected chi connectivity index (χ3v) is 5.09. The molecule has 3 aromatic rings. The molecule has 2 aromatic heterocycles. The van der Waals surface area contributed by atoms with Gasteiger partial charge in [-0.15, -0.1) is 21.5 Å². The second-order valence-electron chi connectivity index (χ2n) is 4.68. The highest BCUT2D eigenvalue weighted by atomic mass is 32.2. The van der Waals surface area contributed by atoms with Crippen LogP contribution in [0.25, 0.3) is 10.6 Å². The van der Waals surface area contributed by atoms with Gasteiger partial charge < -0.3 is 0 Å². The maximum Gasteiger partial charge on any atom is 0.119 e. The molecule has 0 radical (unpaired) electrons. The molecule has 0 atom stereocenters. The third kappa shape index (κ3) is 3.49. The fourth-order valence-electron chi connectivity index (χ4n) is 2.02. The lowest BCUT2D eigenvalue weighted by molar-refractivity contribution is 0.935. The molecule has 3 rings (SSSR count). The van der Waals surface area contributed by atoms with Gasteiger partial charge in [0.05, 0.1) is 15.6 Å². The Hall–Kier alpha value is -1.72. The van der Waals surface area contributed by atoms with Crippen molar-refractivity contribution in [3.8, 4) is 10.6 Å². The number of hydrogen-bond donors (Lipinski definition) is 0. The van der Waals surface area contributed by atoms with Crippen molar-refractivity contribution in [3.05, 3.63) is 58.7 Å². The lowest BCUT2D eigenvalue weighted by atomic mass is 10.2. The van der Waals surface area contributed by atoms with Gasteiger partial charge in [0.15, 0.2) is 0 Å². The van der Waals surface area contributed by atoms with Crippen LogP contribution in [0.1, 0.15) is 16.3 Å². The largest absolute Gasteiger partial charge is 0.246 e. The molecule has 0 amide bonds. The molecule has 1 aromatic carbocycles. The average molecular weight is 313 g/mol. The summed E-state index contributed by atoms with van der Waals surface area (Å²) < 4.78 is 0. The summed E-state index contributed by atoms with van der Waals surface area (Å²) in [6, 6.07) is 14.4. The minimum absolute atomic E-state index is 0.905. The highest BCUT2D eigenvalue weighted by molar-refractivity contribution is 7.98. The molecule has 0 aliphatic rings. The molecule has 3 nitrogen and oxygen atoms in total. The second-order valence-corrected chi connectivity index (χ2v) is 6.88. The molecule has 0 bridgehead atoms.